The van der Waals surface area contributed by atoms with Crippen LogP contribution < -0.4 is 5.73 Å². The van der Waals surface area contributed by atoms with Crippen LogP contribution in [0.4, 0.5) is 0 Å². The number of hydrogen-bond acceptors (Lipinski definition) is 3. The van der Waals surface area contributed by atoms with Crippen LogP contribution in [0.5, 0.6) is 0 Å². The van der Waals surface area contributed by atoms with Gasteiger partial charge in [-0.2, -0.15) is 0 Å². The van der Waals surface area contributed by atoms with E-state index < -0.39 is 5.97 Å². The van der Waals surface area contributed by atoms with Gasteiger partial charge in [0, 0.05) is 11.6 Å². The topological polar surface area (TPSA) is 92.0 Å². The number of hydrogen-bond donors (Lipinski definition) is 3. The number of aryl methyl sites for hydroxylation is 3. The van der Waals surface area contributed by atoms with Gasteiger partial charge in [-0.25, -0.2) is 4.79 Å². The number of carboxylic acids is 1. The zero-order valence-corrected chi connectivity index (χ0v) is 14.6. The number of carboxylic acid groups (broad SMARTS) is 1. The van der Waals surface area contributed by atoms with Crippen LogP contribution in [-0.2, 0) is 6.42 Å². The first-order chi connectivity index (χ1) is 12.0. The molecule has 0 bridgehead atoms. The largest absolute Gasteiger partial charge is 0.478 e. The van der Waals surface area contributed by atoms with Gasteiger partial charge < -0.3 is 15.8 Å². The maximum Gasteiger partial charge on any atom is 0.336 e. The van der Waals surface area contributed by atoms with Crippen LogP contribution in [0.3, 0.4) is 0 Å². The molecule has 5 nitrogen and oxygen atoms in total. The highest BCUT2D eigenvalue weighted by atomic mass is 16.4. The van der Waals surface area contributed by atoms with E-state index in [2.05, 4.69) is 9.97 Å². The molecule has 0 aliphatic heterocycles. The molecule has 0 spiro atoms. The Balaban J connectivity index is 2.26. The quantitative estimate of drug-likeness (QED) is 0.596. The van der Waals surface area contributed by atoms with Crippen LogP contribution in [0.2, 0.25) is 0 Å². The Morgan fingerprint density at radius 2 is 2.00 bits per heavy atom. The minimum Gasteiger partial charge on any atom is -0.478 e. The molecule has 4 N–H and O–H groups in total. The number of unbranched alkanes of at least 4 members (excludes halogenated alkanes) is 1. The lowest BCUT2D eigenvalue weighted by atomic mass is 9.97. The number of nitrogens with one attached hydrogen (secondary N) is 1. The molecule has 3 rings (SSSR count). The zero-order valence-electron chi connectivity index (χ0n) is 14.6. The van der Waals surface area contributed by atoms with Gasteiger partial charge in [-0.3, -0.25) is 4.98 Å². The number of aromatic amines is 1. The van der Waals surface area contributed by atoms with Crippen LogP contribution in [-0.4, -0.2) is 27.6 Å². The van der Waals surface area contributed by atoms with Gasteiger partial charge in [-0.05, 0) is 68.5 Å². The van der Waals surface area contributed by atoms with Crippen LogP contribution in [0.15, 0.2) is 30.5 Å². The number of carbonyl (C=O) groups is 1. The molecular weight excluding hydrogens is 314 g/mol. The number of pyridine rings is 1. The summed E-state index contributed by atoms with van der Waals surface area (Å²) in [6, 6.07) is 7.52. The molecule has 0 saturated heterocycles. The Morgan fingerprint density at radius 3 is 2.64 bits per heavy atom. The van der Waals surface area contributed by atoms with Gasteiger partial charge in [-0.1, -0.05) is 12.1 Å². The summed E-state index contributed by atoms with van der Waals surface area (Å²) >= 11 is 0. The molecule has 0 aliphatic carbocycles. The van der Waals surface area contributed by atoms with Crippen LogP contribution in [0, 0.1) is 13.8 Å². The molecule has 1 aromatic carbocycles. The summed E-state index contributed by atoms with van der Waals surface area (Å²) in [5.74, 6) is -0.910. The smallest absolute Gasteiger partial charge is 0.336 e. The number of benzene rings is 1. The minimum atomic E-state index is -0.910. The predicted molar refractivity (Wildman–Crippen MR) is 100.0 cm³/mol. The van der Waals surface area contributed by atoms with Crippen molar-refractivity contribution in [1.82, 2.24) is 9.97 Å². The molecule has 0 unspecified atom stereocenters. The Kier molecular flexibility index (Phi) is 4.86. The summed E-state index contributed by atoms with van der Waals surface area (Å²) in [6.45, 7) is 4.61. The number of nitrogens with two attached hydrogens (primary N) is 1. The predicted octanol–water partition coefficient (Wildman–Crippen LogP) is 3.83. The standard InChI is InChI=1S/C20H23N3O2/c1-12-6-9-16(22-11-12)19-14(5-3-4-10-21)17-15(20(24)25)8-7-13(2)18(17)23-19/h6-9,11,23H,3-5,10,21H2,1-2H3,(H,24,25). The van der Waals surface area contributed by atoms with Crippen molar-refractivity contribution in [3.05, 3.63) is 52.7 Å². The third-order valence-electron chi connectivity index (χ3n) is 4.55. The van der Waals surface area contributed by atoms with Gasteiger partial charge in [0.1, 0.15) is 0 Å². The van der Waals surface area contributed by atoms with E-state index in [4.69, 9.17) is 5.73 Å². The Bertz CT molecular complexity index is 911. The minimum absolute atomic E-state index is 0.331. The Labute approximate surface area is 146 Å². The summed E-state index contributed by atoms with van der Waals surface area (Å²) in [6.07, 6.45) is 4.41. The molecule has 130 valence electrons. The van der Waals surface area contributed by atoms with Gasteiger partial charge in [-0.15, -0.1) is 0 Å². The fraction of sp³-hybridized carbons (Fsp3) is 0.300. The van der Waals surface area contributed by atoms with E-state index in [1.165, 1.54) is 0 Å². The second-order valence-corrected chi connectivity index (χ2v) is 6.43. The van der Waals surface area contributed by atoms with E-state index in [9.17, 15) is 9.90 Å². The number of aromatic carboxylic acids is 1. The summed E-state index contributed by atoms with van der Waals surface area (Å²) in [7, 11) is 0. The van der Waals surface area contributed by atoms with Gasteiger partial charge >= 0.3 is 5.97 Å². The van der Waals surface area contributed by atoms with Crippen molar-refractivity contribution in [2.45, 2.75) is 33.1 Å². The first kappa shape index (κ1) is 17.2. The van der Waals surface area contributed by atoms with E-state index in [1.807, 2.05) is 38.2 Å². The van der Waals surface area contributed by atoms with Gasteiger partial charge in [0.25, 0.3) is 0 Å². The first-order valence-electron chi connectivity index (χ1n) is 8.53. The molecule has 2 aromatic heterocycles. The third kappa shape index (κ3) is 3.28. The average Bonchev–Trinajstić information content (AvgIpc) is 2.96. The number of H-pyrrole nitrogens is 1. The number of nitrogens with zero attached hydrogens (tertiary/aromatic N) is 1. The molecule has 0 saturated carbocycles. The van der Waals surface area contributed by atoms with Gasteiger partial charge in [0.15, 0.2) is 0 Å². The molecule has 0 fully saturated rings. The van der Waals surface area contributed by atoms with Crippen LogP contribution in [0.25, 0.3) is 22.3 Å². The summed E-state index contributed by atoms with van der Waals surface area (Å²) in [5, 5.41) is 10.4. The fourth-order valence-corrected chi connectivity index (χ4v) is 3.22. The lowest BCUT2D eigenvalue weighted by Crippen LogP contribution is -2.01. The van der Waals surface area contributed by atoms with E-state index in [-0.39, 0.29) is 0 Å². The van der Waals surface area contributed by atoms with Crippen molar-refractivity contribution in [3.63, 3.8) is 0 Å². The second-order valence-electron chi connectivity index (χ2n) is 6.43. The number of rotatable bonds is 6. The highest BCUT2D eigenvalue weighted by molar-refractivity contribution is 6.07. The summed E-state index contributed by atoms with van der Waals surface area (Å²) in [4.78, 5) is 19.7. The normalized spacial score (nSPS) is 11.2. The SMILES string of the molecule is Cc1ccc(-c2[nH]c3c(C)ccc(C(=O)O)c3c2CCCCN)nc1. The van der Waals surface area contributed by atoms with Crippen molar-refractivity contribution < 1.29 is 9.90 Å². The number of aromatic nitrogens is 2. The molecule has 5 heteroatoms. The molecule has 25 heavy (non-hydrogen) atoms. The summed E-state index contributed by atoms with van der Waals surface area (Å²) in [5.41, 5.74) is 11.7. The van der Waals surface area contributed by atoms with Crippen LogP contribution in [0.1, 0.15) is 39.9 Å². The lowest BCUT2D eigenvalue weighted by Gasteiger charge is -2.07. The lowest BCUT2D eigenvalue weighted by molar-refractivity contribution is 0.0699. The van der Waals surface area contributed by atoms with Crippen LogP contribution >= 0.6 is 0 Å². The average molecular weight is 337 g/mol. The van der Waals surface area contributed by atoms with Crippen molar-refractivity contribution in [3.8, 4) is 11.4 Å². The molecule has 0 atom stereocenters. The molecule has 0 radical (unpaired) electrons. The first-order valence-corrected chi connectivity index (χ1v) is 8.53. The van der Waals surface area contributed by atoms with Crippen molar-refractivity contribution in [2.24, 2.45) is 5.73 Å². The highest BCUT2D eigenvalue weighted by Crippen LogP contribution is 2.34. The maximum atomic E-state index is 11.7. The third-order valence-corrected chi connectivity index (χ3v) is 4.55. The zero-order chi connectivity index (χ0) is 18.0. The van der Waals surface area contributed by atoms with E-state index in [0.29, 0.717) is 12.1 Å². The second kappa shape index (κ2) is 7.07. The van der Waals surface area contributed by atoms with E-state index in [1.54, 1.807) is 6.07 Å². The van der Waals surface area contributed by atoms with Crippen molar-refractivity contribution in [2.75, 3.05) is 6.54 Å². The van der Waals surface area contributed by atoms with E-state index in [0.717, 1.165) is 58.2 Å². The van der Waals surface area contributed by atoms with Gasteiger partial charge in [0.2, 0.25) is 0 Å². The maximum absolute atomic E-state index is 11.7. The van der Waals surface area contributed by atoms with E-state index >= 15 is 0 Å². The molecule has 2 heterocycles. The summed E-state index contributed by atoms with van der Waals surface area (Å²) < 4.78 is 0. The molecule has 0 amide bonds. The molecule has 0 aliphatic rings. The Morgan fingerprint density at radius 1 is 1.20 bits per heavy atom. The van der Waals surface area contributed by atoms with Crippen molar-refractivity contribution in [1.29, 1.82) is 0 Å². The molecule has 3 aromatic rings. The van der Waals surface area contributed by atoms with Gasteiger partial charge in [0.05, 0.1) is 22.5 Å². The monoisotopic (exact) mass is 337 g/mol. The fourth-order valence-electron chi connectivity index (χ4n) is 3.22. The Hall–Kier alpha value is -2.66. The van der Waals surface area contributed by atoms with Crippen molar-refractivity contribution >= 4 is 16.9 Å². The number of fused-ring (bicyclic) bond motifs is 1. The molecular formula is C20H23N3O2. The highest BCUT2D eigenvalue weighted by Gasteiger charge is 2.20.